The molecule has 1 rings (SSSR count). The number of para-hydroxylation sites is 1. The van der Waals surface area contributed by atoms with E-state index in [1.807, 2.05) is 4.90 Å². The van der Waals surface area contributed by atoms with Crippen molar-refractivity contribution in [3.63, 3.8) is 0 Å². The highest BCUT2D eigenvalue weighted by atomic mass is 16.2. The molecule has 0 saturated carbocycles. The van der Waals surface area contributed by atoms with Crippen molar-refractivity contribution in [3.8, 4) is 0 Å². The number of hydrogen-bond acceptors (Lipinski definition) is 1. The van der Waals surface area contributed by atoms with E-state index in [9.17, 15) is 4.79 Å². The highest BCUT2D eigenvalue weighted by molar-refractivity contribution is 5.92. The van der Waals surface area contributed by atoms with Crippen molar-refractivity contribution in [1.82, 2.24) is 0 Å². The third-order valence-corrected chi connectivity index (χ3v) is 5.74. The van der Waals surface area contributed by atoms with Crippen LogP contribution < -0.4 is 10.6 Å². The largest absolute Gasteiger partial charge is 0.351 e. The molecule has 0 aliphatic rings. The van der Waals surface area contributed by atoms with Crippen LogP contribution in [0.5, 0.6) is 0 Å². The molecule has 2 amide bonds. The second-order valence-electron chi connectivity index (χ2n) is 8.01. The Morgan fingerprint density at radius 1 is 0.750 bits per heavy atom. The number of nitrogens with two attached hydrogens (primary N) is 1. The second kappa shape index (κ2) is 15.4. The van der Waals surface area contributed by atoms with E-state index in [1.54, 1.807) is 0 Å². The van der Waals surface area contributed by atoms with E-state index in [1.165, 1.54) is 81.8 Å². The Balaban J connectivity index is 2.30. The molecular formula is C25H44N2O. The van der Waals surface area contributed by atoms with Gasteiger partial charge in [-0.05, 0) is 30.4 Å². The van der Waals surface area contributed by atoms with Gasteiger partial charge in [0.25, 0.3) is 0 Å². The first-order valence-corrected chi connectivity index (χ1v) is 11.8. The van der Waals surface area contributed by atoms with E-state index in [2.05, 4.69) is 39.0 Å². The maximum atomic E-state index is 12.1. The van der Waals surface area contributed by atoms with Gasteiger partial charge in [0.2, 0.25) is 0 Å². The summed E-state index contributed by atoms with van der Waals surface area (Å²) >= 11 is 0. The number of carbonyl (C=O) groups is 1. The maximum absolute atomic E-state index is 12.1. The number of hydrogen-bond donors (Lipinski definition) is 1. The molecule has 0 spiro atoms. The van der Waals surface area contributed by atoms with Crippen LogP contribution in [0.4, 0.5) is 10.5 Å². The highest BCUT2D eigenvalue weighted by Crippen LogP contribution is 2.27. The number of benzene rings is 1. The quantitative estimate of drug-likeness (QED) is 0.295. The van der Waals surface area contributed by atoms with Gasteiger partial charge < -0.3 is 5.73 Å². The normalized spacial score (nSPS) is 11.0. The van der Waals surface area contributed by atoms with Gasteiger partial charge >= 0.3 is 6.03 Å². The van der Waals surface area contributed by atoms with Crippen LogP contribution in [0.1, 0.15) is 109 Å². The lowest BCUT2D eigenvalue weighted by atomic mass is 10.0. The molecule has 28 heavy (non-hydrogen) atoms. The predicted octanol–water partition coefficient (Wildman–Crippen LogP) is 7.40. The fourth-order valence-electron chi connectivity index (χ4n) is 4.00. The zero-order valence-electron chi connectivity index (χ0n) is 18.8. The number of anilines is 1. The molecule has 0 aromatic heterocycles. The molecule has 0 bridgehead atoms. The second-order valence-corrected chi connectivity index (χ2v) is 8.01. The summed E-state index contributed by atoms with van der Waals surface area (Å²) in [5.74, 6) is 0. The molecule has 0 radical (unpaired) electrons. The molecule has 2 N–H and O–H groups in total. The van der Waals surface area contributed by atoms with Gasteiger partial charge in [0.1, 0.15) is 0 Å². The number of primary amides is 1. The van der Waals surface area contributed by atoms with Crippen LogP contribution in [0.25, 0.3) is 0 Å². The monoisotopic (exact) mass is 388 g/mol. The Bertz CT molecular complexity index is 519. The lowest BCUT2D eigenvalue weighted by Gasteiger charge is -2.26. The van der Waals surface area contributed by atoms with Crippen LogP contribution >= 0.6 is 0 Å². The van der Waals surface area contributed by atoms with E-state index in [4.69, 9.17) is 5.73 Å². The van der Waals surface area contributed by atoms with Crippen molar-refractivity contribution < 1.29 is 4.79 Å². The minimum atomic E-state index is -0.321. The fourth-order valence-corrected chi connectivity index (χ4v) is 4.00. The molecule has 3 heteroatoms. The van der Waals surface area contributed by atoms with Crippen LogP contribution in [0.3, 0.4) is 0 Å². The van der Waals surface area contributed by atoms with Crippen LogP contribution in [-0.2, 0) is 12.8 Å². The molecule has 0 fully saturated rings. The minimum absolute atomic E-state index is 0.321. The molecule has 0 aliphatic carbocycles. The average molecular weight is 389 g/mol. The predicted molar refractivity (Wildman–Crippen MR) is 123 cm³/mol. The summed E-state index contributed by atoms with van der Waals surface area (Å²) in [6.45, 7) is 7.28. The van der Waals surface area contributed by atoms with Crippen LogP contribution in [0.15, 0.2) is 18.2 Å². The summed E-state index contributed by atoms with van der Waals surface area (Å²) < 4.78 is 0. The number of amides is 2. The van der Waals surface area contributed by atoms with E-state index in [0.29, 0.717) is 0 Å². The molecule has 0 atom stereocenters. The zero-order valence-corrected chi connectivity index (χ0v) is 18.8. The number of aryl methyl sites for hydroxylation is 2. The van der Waals surface area contributed by atoms with Crippen molar-refractivity contribution >= 4 is 11.7 Å². The first kappa shape index (κ1) is 24.5. The van der Waals surface area contributed by atoms with Gasteiger partial charge in [-0.3, -0.25) is 4.90 Å². The Hall–Kier alpha value is -1.51. The van der Waals surface area contributed by atoms with Gasteiger partial charge in [0, 0.05) is 6.54 Å². The van der Waals surface area contributed by atoms with Gasteiger partial charge in [0.05, 0.1) is 5.69 Å². The Labute approximate surface area is 174 Å². The summed E-state index contributed by atoms with van der Waals surface area (Å²) in [5, 5.41) is 0. The molecule has 0 saturated heterocycles. The summed E-state index contributed by atoms with van der Waals surface area (Å²) in [7, 11) is 0. The number of unbranched alkanes of at least 4 members (excludes halogenated alkanes) is 11. The van der Waals surface area contributed by atoms with Crippen LogP contribution in [0, 0.1) is 0 Å². The number of urea groups is 1. The van der Waals surface area contributed by atoms with Gasteiger partial charge in [-0.15, -0.1) is 0 Å². The first-order chi connectivity index (χ1) is 13.7. The van der Waals surface area contributed by atoms with Crippen LogP contribution in [-0.4, -0.2) is 12.6 Å². The average Bonchev–Trinajstić information content (AvgIpc) is 2.70. The van der Waals surface area contributed by atoms with E-state index < -0.39 is 0 Å². The maximum Gasteiger partial charge on any atom is 0.319 e. The van der Waals surface area contributed by atoms with E-state index in [-0.39, 0.29) is 6.03 Å². The summed E-state index contributed by atoms with van der Waals surface area (Å²) in [5.41, 5.74) is 9.24. The molecule has 3 nitrogen and oxygen atoms in total. The first-order valence-electron chi connectivity index (χ1n) is 11.8. The molecule has 0 aliphatic heterocycles. The Morgan fingerprint density at radius 2 is 1.18 bits per heavy atom. The zero-order chi connectivity index (χ0) is 20.6. The molecule has 1 aromatic rings. The molecule has 1 aromatic carbocycles. The Kier molecular flexibility index (Phi) is 13.5. The molecule has 160 valence electrons. The number of carbonyl (C=O) groups excluding carboxylic acids is 1. The summed E-state index contributed by atoms with van der Waals surface area (Å²) in [6.07, 6.45) is 17.7. The standard InChI is InChI=1S/C25H44N2O/c1-4-7-8-9-10-11-12-13-14-15-16-17-21-27(25(26)28)24-22(5-2)19-18-20-23(24)6-3/h18-20H,4-17,21H2,1-3H3,(H2,26,28). The van der Waals surface area contributed by atoms with Crippen LogP contribution in [0.2, 0.25) is 0 Å². The summed E-state index contributed by atoms with van der Waals surface area (Å²) in [4.78, 5) is 13.9. The van der Waals surface area contributed by atoms with Crippen molar-refractivity contribution in [2.24, 2.45) is 5.73 Å². The van der Waals surface area contributed by atoms with Crippen molar-refractivity contribution in [2.75, 3.05) is 11.4 Å². The highest BCUT2D eigenvalue weighted by Gasteiger charge is 2.18. The fraction of sp³-hybridized carbons (Fsp3) is 0.720. The lowest BCUT2D eigenvalue weighted by molar-refractivity contribution is 0.253. The SMILES string of the molecule is CCCCCCCCCCCCCCN(C(N)=O)c1c(CC)cccc1CC. The smallest absolute Gasteiger partial charge is 0.319 e. The molecule has 0 heterocycles. The lowest BCUT2D eigenvalue weighted by Crippen LogP contribution is -2.37. The Morgan fingerprint density at radius 3 is 1.57 bits per heavy atom. The third kappa shape index (κ3) is 9.12. The van der Waals surface area contributed by atoms with Gasteiger partial charge in [-0.1, -0.05) is 110 Å². The summed E-state index contributed by atoms with van der Waals surface area (Å²) in [6, 6.07) is 6.00. The third-order valence-electron chi connectivity index (χ3n) is 5.74. The van der Waals surface area contributed by atoms with Gasteiger partial charge in [0.15, 0.2) is 0 Å². The van der Waals surface area contributed by atoms with Gasteiger partial charge in [-0.25, -0.2) is 4.79 Å². The van der Waals surface area contributed by atoms with E-state index >= 15 is 0 Å². The van der Waals surface area contributed by atoms with Crippen molar-refractivity contribution in [1.29, 1.82) is 0 Å². The topological polar surface area (TPSA) is 46.3 Å². The number of rotatable bonds is 16. The van der Waals surface area contributed by atoms with Crippen molar-refractivity contribution in [2.45, 2.75) is 111 Å². The molecular weight excluding hydrogens is 344 g/mol. The molecule has 0 unspecified atom stereocenters. The van der Waals surface area contributed by atoms with E-state index in [0.717, 1.165) is 31.5 Å². The van der Waals surface area contributed by atoms with Crippen molar-refractivity contribution in [3.05, 3.63) is 29.3 Å². The number of nitrogens with zero attached hydrogens (tertiary/aromatic N) is 1. The minimum Gasteiger partial charge on any atom is -0.351 e. The van der Waals surface area contributed by atoms with Gasteiger partial charge in [-0.2, -0.15) is 0 Å².